The molecule has 9 aromatic rings. The fourth-order valence-corrected chi connectivity index (χ4v) is 7.26. The van der Waals surface area contributed by atoms with Crippen molar-refractivity contribution in [2.75, 3.05) is 0 Å². The molecule has 46 heavy (non-hydrogen) atoms. The summed E-state index contributed by atoms with van der Waals surface area (Å²) in [4.78, 5) is 16.2. The topological polar surface area (TPSA) is 43.6 Å². The molecule has 0 aliphatic rings. The molecule has 0 N–H and O–H groups in total. The van der Waals surface area contributed by atoms with Gasteiger partial charge >= 0.3 is 0 Å². The van der Waals surface area contributed by atoms with Gasteiger partial charge in [0.2, 0.25) is 0 Å². The van der Waals surface area contributed by atoms with Gasteiger partial charge in [0.25, 0.3) is 0 Å². The van der Waals surface area contributed by atoms with E-state index in [4.69, 9.17) is 15.0 Å². The summed E-state index contributed by atoms with van der Waals surface area (Å²) in [5.74, 6) is 1.97. The van der Waals surface area contributed by atoms with Crippen molar-refractivity contribution in [3.05, 3.63) is 158 Å². The number of nitrogens with zero attached hydrogens (tertiary/aromatic N) is 4. The average Bonchev–Trinajstić information content (AvgIpc) is 3.72. The van der Waals surface area contributed by atoms with Crippen molar-refractivity contribution in [3.63, 3.8) is 0 Å². The number of hydrogen-bond donors (Lipinski definition) is 0. The maximum absolute atomic E-state index is 5.09. The van der Waals surface area contributed by atoms with Crippen molar-refractivity contribution >= 4 is 43.2 Å². The number of rotatable bonds is 5. The number of benzene rings is 6. The molecule has 0 unspecified atom stereocenters. The zero-order chi connectivity index (χ0) is 30.5. The molecule has 0 saturated carbocycles. The van der Waals surface area contributed by atoms with Crippen molar-refractivity contribution in [2.24, 2.45) is 0 Å². The smallest absolute Gasteiger partial charge is 0.174 e. The van der Waals surface area contributed by atoms with Crippen molar-refractivity contribution in [1.82, 2.24) is 19.5 Å². The van der Waals surface area contributed by atoms with Crippen LogP contribution in [0.5, 0.6) is 0 Å². The summed E-state index contributed by atoms with van der Waals surface area (Å²) in [5, 5.41) is 3.65. The van der Waals surface area contributed by atoms with Crippen LogP contribution < -0.4 is 0 Å². The lowest BCUT2D eigenvalue weighted by molar-refractivity contribution is 1.08. The first-order chi connectivity index (χ1) is 22.8. The second kappa shape index (κ2) is 10.9. The number of para-hydroxylation sites is 2. The molecule has 0 saturated heterocycles. The van der Waals surface area contributed by atoms with Crippen LogP contribution in [0, 0.1) is 0 Å². The van der Waals surface area contributed by atoms with E-state index >= 15 is 0 Å². The third-order valence-electron chi connectivity index (χ3n) is 8.47. The van der Waals surface area contributed by atoms with Crippen molar-refractivity contribution in [1.29, 1.82) is 0 Å². The van der Waals surface area contributed by atoms with Gasteiger partial charge < -0.3 is 4.57 Å². The Morgan fingerprint density at radius 3 is 1.72 bits per heavy atom. The van der Waals surface area contributed by atoms with Crippen LogP contribution in [0.3, 0.4) is 0 Å². The molecule has 5 heteroatoms. The van der Waals surface area contributed by atoms with E-state index in [0.717, 1.165) is 27.3 Å². The van der Waals surface area contributed by atoms with E-state index in [9.17, 15) is 0 Å². The minimum absolute atomic E-state index is 0.646. The molecule has 0 spiro atoms. The zero-order valence-electron chi connectivity index (χ0n) is 24.7. The summed E-state index contributed by atoms with van der Waals surface area (Å²) in [6, 6.07) is 55.1. The van der Waals surface area contributed by atoms with Crippen LogP contribution in [-0.2, 0) is 0 Å². The summed E-state index contributed by atoms with van der Waals surface area (Å²) in [6.07, 6.45) is 0. The van der Waals surface area contributed by atoms with Gasteiger partial charge in [0.1, 0.15) is 0 Å². The highest BCUT2D eigenvalue weighted by Gasteiger charge is 2.17. The summed E-state index contributed by atoms with van der Waals surface area (Å²) >= 11 is 1.70. The Morgan fingerprint density at radius 1 is 0.413 bits per heavy atom. The normalized spacial score (nSPS) is 11.5. The van der Waals surface area contributed by atoms with E-state index in [1.807, 2.05) is 6.07 Å². The van der Waals surface area contributed by atoms with Crippen LogP contribution in [0.4, 0.5) is 0 Å². The maximum Gasteiger partial charge on any atom is 0.174 e. The fourth-order valence-electron chi connectivity index (χ4n) is 6.26. The summed E-state index contributed by atoms with van der Waals surface area (Å²) in [7, 11) is 0. The monoisotopic (exact) mass is 606 g/mol. The van der Waals surface area contributed by atoms with Crippen molar-refractivity contribution < 1.29 is 0 Å². The SMILES string of the molecule is c1ccc(-c2ccc(-c3nc(-c4cccc(-n5c6ccccc6c6ccccc65)c4)nc(-c4cc5ccccc5s4)n3)cc2)cc1. The standard InChI is InChI=1S/C41H26N4S/c1-2-11-27(12-3-1)28-21-23-29(24-22-28)39-42-40(44-41(43-39)38-26-30-13-4-9-20-37(30)46-38)31-14-10-15-32(25-31)45-35-18-7-5-16-33(35)34-17-6-8-19-36(34)45/h1-26H. The minimum Gasteiger partial charge on any atom is -0.309 e. The van der Waals surface area contributed by atoms with E-state index in [2.05, 4.69) is 156 Å². The molecule has 9 rings (SSSR count). The van der Waals surface area contributed by atoms with Gasteiger partial charge in [-0.05, 0) is 52.9 Å². The van der Waals surface area contributed by atoms with Crippen LogP contribution >= 0.6 is 11.3 Å². The number of thiophene rings is 1. The third-order valence-corrected chi connectivity index (χ3v) is 9.59. The molecule has 0 fully saturated rings. The Kier molecular flexibility index (Phi) is 6.28. The van der Waals surface area contributed by atoms with Gasteiger partial charge in [-0.3, -0.25) is 0 Å². The minimum atomic E-state index is 0.646. The van der Waals surface area contributed by atoms with Gasteiger partial charge in [0.15, 0.2) is 17.5 Å². The Bertz CT molecular complexity index is 2440. The Labute approximate surface area is 269 Å². The summed E-state index contributed by atoms with van der Waals surface area (Å²) in [6.45, 7) is 0. The Hall–Kier alpha value is -5.91. The third kappa shape index (κ3) is 4.57. The fraction of sp³-hybridized carbons (Fsp3) is 0. The van der Waals surface area contributed by atoms with Gasteiger partial charge in [0.05, 0.1) is 15.9 Å². The van der Waals surface area contributed by atoms with Crippen LogP contribution in [0.15, 0.2) is 158 Å². The second-order valence-electron chi connectivity index (χ2n) is 11.3. The van der Waals surface area contributed by atoms with E-state index in [1.165, 1.54) is 37.5 Å². The average molecular weight is 607 g/mol. The Morgan fingerprint density at radius 2 is 0.978 bits per heavy atom. The van der Waals surface area contributed by atoms with Crippen LogP contribution in [-0.4, -0.2) is 19.5 Å². The van der Waals surface area contributed by atoms with E-state index in [-0.39, 0.29) is 0 Å². The first kappa shape index (κ1) is 26.5. The lowest BCUT2D eigenvalue weighted by Gasteiger charge is -2.11. The molecule has 216 valence electrons. The van der Waals surface area contributed by atoms with E-state index in [1.54, 1.807) is 11.3 Å². The van der Waals surface area contributed by atoms with Crippen molar-refractivity contribution in [3.8, 4) is 50.3 Å². The lowest BCUT2D eigenvalue weighted by atomic mass is 10.0. The van der Waals surface area contributed by atoms with E-state index in [0.29, 0.717) is 17.5 Å². The molecule has 0 amide bonds. The molecular weight excluding hydrogens is 581 g/mol. The Balaban J connectivity index is 1.21. The predicted octanol–water partition coefficient (Wildman–Crippen LogP) is 10.9. The molecule has 0 aliphatic carbocycles. The number of fused-ring (bicyclic) bond motifs is 4. The predicted molar refractivity (Wildman–Crippen MR) is 191 cm³/mol. The molecule has 0 atom stereocenters. The van der Waals surface area contributed by atoms with Gasteiger partial charge in [0, 0.05) is 32.3 Å². The van der Waals surface area contributed by atoms with Crippen LogP contribution in [0.25, 0.3) is 82.2 Å². The zero-order valence-corrected chi connectivity index (χ0v) is 25.5. The number of hydrogen-bond acceptors (Lipinski definition) is 4. The van der Waals surface area contributed by atoms with Gasteiger partial charge in [-0.2, -0.15) is 0 Å². The summed E-state index contributed by atoms with van der Waals surface area (Å²) in [5.41, 5.74) is 7.62. The van der Waals surface area contributed by atoms with Gasteiger partial charge in [-0.15, -0.1) is 11.3 Å². The molecular formula is C41H26N4S. The first-order valence-electron chi connectivity index (χ1n) is 15.3. The summed E-state index contributed by atoms with van der Waals surface area (Å²) < 4.78 is 3.53. The highest BCUT2D eigenvalue weighted by Crippen LogP contribution is 2.36. The number of aromatic nitrogens is 4. The molecule has 0 radical (unpaired) electrons. The molecule has 3 heterocycles. The van der Waals surface area contributed by atoms with Gasteiger partial charge in [-0.25, -0.2) is 15.0 Å². The molecule has 4 nitrogen and oxygen atoms in total. The highest BCUT2D eigenvalue weighted by molar-refractivity contribution is 7.22. The molecule has 0 aliphatic heterocycles. The second-order valence-corrected chi connectivity index (χ2v) is 12.4. The first-order valence-corrected chi connectivity index (χ1v) is 16.1. The largest absolute Gasteiger partial charge is 0.309 e. The van der Waals surface area contributed by atoms with Crippen LogP contribution in [0.2, 0.25) is 0 Å². The molecule has 3 aromatic heterocycles. The molecule has 6 aromatic carbocycles. The van der Waals surface area contributed by atoms with Crippen LogP contribution in [0.1, 0.15) is 0 Å². The molecule has 0 bridgehead atoms. The highest BCUT2D eigenvalue weighted by atomic mass is 32.1. The maximum atomic E-state index is 5.09. The lowest BCUT2D eigenvalue weighted by Crippen LogP contribution is -2.00. The van der Waals surface area contributed by atoms with Crippen molar-refractivity contribution in [2.45, 2.75) is 0 Å². The quantitative estimate of drug-likeness (QED) is 0.196. The van der Waals surface area contributed by atoms with Gasteiger partial charge in [-0.1, -0.05) is 121 Å². The van der Waals surface area contributed by atoms with E-state index < -0.39 is 0 Å².